The van der Waals surface area contributed by atoms with Crippen LogP contribution in [0.15, 0.2) is 5.11 Å². The Morgan fingerprint density at radius 1 is 1.50 bits per heavy atom. The fourth-order valence-corrected chi connectivity index (χ4v) is 1.71. The van der Waals surface area contributed by atoms with Crippen LogP contribution >= 0.6 is 0 Å². The number of ketones is 1. The fourth-order valence-electron chi connectivity index (χ4n) is 1.71. The van der Waals surface area contributed by atoms with Crippen LogP contribution in [0.5, 0.6) is 0 Å². The van der Waals surface area contributed by atoms with Crippen LogP contribution in [0.2, 0.25) is 0 Å². The van der Waals surface area contributed by atoms with Crippen molar-refractivity contribution in [2.45, 2.75) is 32.1 Å². The highest BCUT2D eigenvalue weighted by Crippen LogP contribution is 2.27. The third kappa shape index (κ3) is 2.93. The van der Waals surface area contributed by atoms with Crippen molar-refractivity contribution in [2.24, 2.45) is 11.0 Å². The van der Waals surface area contributed by atoms with Gasteiger partial charge in [0.1, 0.15) is 5.78 Å². The molecule has 0 saturated heterocycles. The number of carbonyl (C=O) groups is 1. The molecule has 0 N–H and O–H groups in total. The second kappa shape index (κ2) is 4.78. The third-order valence-electron chi connectivity index (χ3n) is 2.30. The molecule has 1 aliphatic carbocycles. The van der Waals surface area contributed by atoms with E-state index in [4.69, 9.17) is 5.53 Å². The number of hydrogen-bond acceptors (Lipinski definition) is 2. The Morgan fingerprint density at radius 3 is 2.75 bits per heavy atom. The van der Waals surface area contributed by atoms with Crippen LogP contribution in [-0.4, -0.2) is 12.3 Å². The zero-order chi connectivity index (χ0) is 8.81. The first-order chi connectivity index (χ1) is 5.83. The van der Waals surface area contributed by atoms with Gasteiger partial charge in [0.05, 0.1) is 6.54 Å². The summed E-state index contributed by atoms with van der Waals surface area (Å²) in [7, 11) is 0. The Balaban J connectivity index is 2.20. The summed E-state index contributed by atoms with van der Waals surface area (Å²) in [6.07, 6.45) is 5.45. The predicted molar refractivity (Wildman–Crippen MR) is 45.6 cm³/mol. The number of rotatable bonds is 4. The van der Waals surface area contributed by atoms with Crippen LogP contribution < -0.4 is 0 Å². The van der Waals surface area contributed by atoms with Gasteiger partial charge in [-0.05, 0) is 11.4 Å². The summed E-state index contributed by atoms with van der Waals surface area (Å²) in [4.78, 5) is 13.6. The Morgan fingerprint density at radius 2 is 2.17 bits per heavy atom. The summed E-state index contributed by atoms with van der Waals surface area (Å²) in [5.74, 6) is 0.645. The Bertz CT molecular complexity index is 202. The molecule has 4 heteroatoms. The molecule has 1 saturated carbocycles. The molecule has 0 unspecified atom stereocenters. The molecule has 0 amide bonds. The van der Waals surface area contributed by atoms with Crippen molar-refractivity contribution in [3.8, 4) is 0 Å². The van der Waals surface area contributed by atoms with Crippen molar-refractivity contribution in [3.05, 3.63) is 10.4 Å². The zero-order valence-electron chi connectivity index (χ0n) is 7.07. The normalized spacial score (nSPS) is 17.3. The molecule has 0 bridgehead atoms. The van der Waals surface area contributed by atoms with E-state index in [-0.39, 0.29) is 12.3 Å². The minimum absolute atomic E-state index is 0.0347. The maximum Gasteiger partial charge on any atom is 0.138 e. The van der Waals surface area contributed by atoms with Crippen molar-refractivity contribution < 1.29 is 4.79 Å². The van der Waals surface area contributed by atoms with Gasteiger partial charge in [0.25, 0.3) is 0 Å². The minimum atomic E-state index is 0.0347. The standard InChI is InChI=1S/C8H13N3O/c9-11-10-6-8(12)5-7-3-1-2-4-7/h7H,1-6H2. The summed E-state index contributed by atoms with van der Waals surface area (Å²) in [5.41, 5.74) is 7.98. The lowest BCUT2D eigenvalue weighted by molar-refractivity contribution is -0.118. The van der Waals surface area contributed by atoms with E-state index >= 15 is 0 Å². The molecule has 1 rings (SSSR count). The Kier molecular flexibility index (Phi) is 3.61. The molecule has 1 aliphatic rings. The summed E-state index contributed by atoms with van der Waals surface area (Å²) >= 11 is 0. The average Bonchev–Trinajstić information content (AvgIpc) is 2.53. The molecule has 0 spiro atoms. The second-order valence-corrected chi connectivity index (χ2v) is 3.28. The molecule has 0 aromatic rings. The molecule has 0 aromatic heterocycles. The molecule has 12 heavy (non-hydrogen) atoms. The first-order valence-electron chi connectivity index (χ1n) is 4.35. The maximum atomic E-state index is 11.1. The first kappa shape index (κ1) is 9.07. The van der Waals surface area contributed by atoms with Crippen molar-refractivity contribution in [2.75, 3.05) is 6.54 Å². The predicted octanol–water partition coefficient (Wildman–Crippen LogP) is 2.45. The fraction of sp³-hybridized carbons (Fsp3) is 0.875. The summed E-state index contributed by atoms with van der Waals surface area (Å²) in [5, 5.41) is 3.24. The molecule has 0 aliphatic heterocycles. The third-order valence-corrected chi connectivity index (χ3v) is 2.30. The van der Waals surface area contributed by atoms with Gasteiger partial charge < -0.3 is 0 Å². The van der Waals surface area contributed by atoms with Crippen LogP contribution in [0, 0.1) is 5.92 Å². The SMILES string of the molecule is [N-]=[N+]=NCC(=O)CC1CCCC1. The Labute approximate surface area is 71.6 Å². The second-order valence-electron chi connectivity index (χ2n) is 3.28. The van der Waals surface area contributed by atoms with Crippen LogP contribution in [-0.2, 0) is 4.79 Å². The minimum Gasteiger partial charge on any atom is -0.300 e. The van der Waals surface area contributed by atoms with E-state index < -0.39 is 0 Å². The van der Waals surface area contributed by atoms with Crippen LogP contribution in [0.1, 0.15) is 32.1 Å². The molecule has 0 heterocycles. The number of azide groups is 1. The average molecular weight is 167 g/mol. The molecule has 1 fully saturated rings. The van der Waals surface area contributed by atoms with Gasteiger partial charge in [0, 0.05) is 11.3 Å². The number of carbonyl (C=O) groups excluding carboxylic acids is 1. The van der Waals surface area contributed by atoms with Crippen molar-refractivity contribution in [1.82, 2.24) is 0 Å². The molecule has 4 nitrogen and oxygen atoms in total. The molecule has 0 aromatic carbocycles. The van der Waals surface area contributed by atoms with Crippen molar-refractivity contribution in [1.29, 1.82) is 0 Å². The quantitative estimate of drug-likeness (QED) is 0.360. The lowest BCUT2D eigenvalue weighted by Gasteiger charge is -2.04. The van der Waals surface area contributed by atoms with Crippen LogP contribution in [0.25, 0.3) is 10.4 Å². The molecule has 66 valence electrons. The van der Waals surface area contributed by atoms with Crippen LogP contribution in [0.3, 0.4) is 0 Å². The molecular weight excluding hydrogens is 154 g/mol. The largest absolute Gasteiger partial charge is 0.300 e. The Hall–Kier alpha value is -1.02. The van der Waals surface area contributed by atoms with Gasteiger partial charge in [-0.2, -0.15) is 0 Å². The van der Waals surface area contributed by atoms with Gasteiger partial charge in [-0.15, -0.1) is 0 Å². The van der Waals surface area contributed by atoms with Gasteiger partial charge >= 0.3 is 0 Å². The highest BCUT2D eigenvalue weighted by atomic mass is 16.1. The summed E-state index contributed by atoms with van der Waals surface area (Å²) in [6, 6.07) is 0. The monoisotopic (exact) mass is 167 g/mol. The van der Waals surface area contributed by atoms with Gasteiger partial charge in [0.15, 0.2) is 0 Å². The van der Waals surface area contributed by atoms with E-state index in [9.17, 15) is 4.79 Å². The summed E-state index contributed by atoms with van der Waals surface area (Å²) in [6.45, 7) is 0.0347. The summed E-state index contributed by atoms with van der Waals surface area (Å²) < 4.78 is 0. The molecule has 0 radical (unpaired) electrons. The van der Waals surface area contributed by atoms with E-state index in [1.807, 2.05) is 0 Å². The maximum absolute atomic E-state index is 11.1. The van der Waals surface area contributed by atoms with Gasteiger partial charge in [-0.25, -0.2) is 0 Å². The first-order valence-corrected chi connectivity index (χ1v) is 4.35. The van der Waals surface area contributed by atoms with Crippen molar-refractivity contribution >= 4 is 5.78 Å². The number of Topliss-reactive ketones (excluding diaryl/α,β-unsaturated/α-hetero) is 1. The van der Waals surface area contributed by atoms with E-state index in [0.29, 0.717) is 12.3 Å². The van der Waals surface area contributed by atoms with E-state index in [2.05, 4.69) is 10.0 Å². The van der Waals surface area contributed by atoms with Gasteiger partial charge in [0.2, 0.25) is 0 Å². The lowest BCUT2D eigenvalue weighted by Crippen LogP contribution is -2.07. The smallest absolute Gasteiger partial charge is 0.138 e. The van der Waals surface area contributed by atoms with E-state index in [1.165, 1.54) is 25.7 Å². The van der Waals surface area contributed by atoms with E-state index in [0.717, 1.165) is 0 Å². The van der Waals surface area contributed by atoms with Gasteiger partial charge in [-0.1, -0.05) is 30.8 Å². The lowest BCUT2D eigenvalue weighted by atomic mass is 10.0. The highest BCUT2D eigenvalue weighted by molar-refractivity contribution is 5.80. The van der Waals surface area contributed by atoms with Crippen LogP contribution in [0.4, 0.5) is 0 Å². The highest BCUT2D eigenvalue weighted by Gasteiger charge is 2.17. The van der Waals surface area contributed by atoms with Crippen molar-refractivity contribution in [3.63, 3.8) is 0 Å². The number of hydrogen-bond donors (Lipinski definition) is 0. The zero-order valence-corrected chi connectivity index (χ0v) is 7.07. The topological polar surface area (TPSA) is 65.8 Å². The molecular formula is C8H13N3O. The molecule has 0 atom stereocenters. The van der Waals surface area contributed by atoms with E-state index in [1.54, 1.807) is 0 Å². The number of nitrogens with zero attached hydrogens (tertiary/aromatic N) is 3. The van der Waals surface area contributed by atoms with Gasteiger partial charge in [-0.3, -0.25) is 4.79 Å².